The zero-order valence-corrected chi connectivity index (χ0v) is 12.1. The summed E-state index contributed by atoms with van der Waals surface area (Å²) in [5.41, 5.74) is 0.968. The number of aromatic nitrogens is 4. The standard InChI is InChI=1S/C12H16ClN5O2/c1-8-14-5-9(15-8)6-18(3-4-19)12(20)11-10(13)7-17(2)16-11/h5,7,19H,3-4,6H2,1-2H3,(H,14,15). The number of aliphatic hydroxyl groups is 1. The molecule has 2 rings (SSSR count). The summed E-state index contributed by atoms with van der Waals surface area (Å²) < 4.78 is 1.48. The third-order valence-electron chi connectivity index (χ3n) is 2.76. The summed E-state index contributed by atoms with van der Waals surface area (Å²) in [5, 5.41) is 13.5. The lowest BCUT2D eigenvalue weighted by Crippen LogP contribution is -2.33. The molecule has 2 aromatic rings. The molecule has 0 saturated carbocycles. The molecule has 2 aromatic heterocycles. The van der Waals surface area contributed by atoms with Crippen LogP contribution in [0.3, 0.4) is 0 Å². The number of hydrogen-bond donors (Lipinski definition) is 2. The number of carbonyl (C=O) groups is 1. The summed E-state index contributed by atoms with van der Waals surface area (Å²) in [6, 6.07) is 0. The van der Waals surface area contributed by atoms with Crippen LogP contribution in [0.1, 0.15) is 22.0 Å². The number of nitrogens with zero attached hydrogens (tertiary/aromatic N) is 4. The van der Waals surface area contributed by atoms with Crippen molar-refractivity contribution in [3.8, 4) is 0 Å². The van der Waals surface area contributed by atoms with Crippen LogP contribution in [0, 0.1) is 6.92 Å². The number of H-pyrrole nitrogens is 1. The molecule has 0 bridgehead atoms. The lowest BCUT2D eigenvalue weighted by Gasteiger charge is -2.20. The monoisotopic (exact) mass is 297 g/mol. The molecule has 2 N–H and O–H groups in total. The van der Waals surface area contributed by atoms with E-state index < -0.39 is 0 Å². The van der Waals surface area contributed by atoms with Gasteiger partial charge in [-0.25, -0.2) is 4.98 Å². The largest absolute Gasteiger partial charge is 0.395 e. The highest BCUT2D eigenvalue weighted by molar-refractivity contribution is 6.33. The van der Waals surface area contributed by atoms with Gasteiger partial charge >= 0.3 is 0 Å². The quantitative estimate of drug-likeness (QED) is 0.852. The predicted molar refractivity (Wildman–Crippen MR) is 73.4 cm³/mol. The molecule has 1 amide bonds. The first-order valence-corrected chi connectivity index (χ1v) is 6.49. The van der Waals surface area contributed by atoms with Gasteiger partial charge in [-0.05, 0) is 6.92 Å². The SMILES string of the molecule is Cc1ncc(CN(CCO)C(=O)c2nn(C)cc2Cl)[nH]1. The van der Waals surface area contributed by atoms with E-state index in [1.165, 1.54) is 9.58 Å². The van der Waals surface area contributed by atoms with Gasteiger partial charge in [0.05, 0.1) is 30.1 Å². The summed E-state index contributed by atoms with van der Waals surface area (Å²) >= 11 is 5.98. The molecule has 0 fully saturated rings. The minimum absolute atomic E-state index is 0.136. The maximum atomic E-state index is 12.4. The number of rotatable bonds is 5. The van der Waals surface area contributed by atoms with Crippen LogP contribution in [0.15, 0.2) is 12.4 Å². The van der Waals surface area contributed by atoms with Crippen LogP contribution < -0.4 is 0 Å². The number of amides is 1. The van der Waals surface area contributed by atoms with E-state index in [0.29, 0.717) is 11.6 Å². The van der Waals surface area contributed by atoms with Gasteiger partial charge in [-0.15, -0.1) is 0 Å². The van der Waals surface area contributed by atoms with Gasteiger partial charge in [-0.3, -0.25) is 9.48 Å². The molecule has 0 aromatic carbocycles. The first-order chi connectivity index (χ1) is 9.51. The second-order valence-corrected chi connectivity index (χ2v) is 4.85. The van der Waals surface area contributed by atoms with Crippen LogP contribution in [0.25, 0.3) is 0 Å². The van der Waals surface area contributed by atoms with Crippen molar-refractivity contribution in [1.29, 1.82) is 0 Å². The molecule has 7 nitrogen and oxygen atoms in total. The Morgan fingerprint density at radius 3 is 2.85 bits per heavy atom. The van der Waals surface area contributed by atoms with Gasteiger partial charge < -0.3 is 15.0 Å². The maximum Gasteiger partial charge on any atom is 0.276 e. The van der Waals surface area contributed by atoms with Gasteiger partial charge in [-0.2, -0.15) is 5.10 Å². The van der Waals surface area contributed by atoms with Gasteiger partial charge in [0.15, 0.2) is 5.69 Å². The highest BCUT2D eigenvalue weighted by Gasteiger charge is 2.22. The van der Waals surface area contributed by atoms with Crippen molar-refractivity contribution in [2.24, 2.45) is 7.05 Å². The normalized spacial score (nSPS) is 10.8. The number of aliphatic hydroxyl groups excluding tert-OH is 1. The zero-order chi connectivity index (χ0) is 14.7. The van der Waals surface area contributed by atoms with E-state index in [1.54, 1.807) is 19.4 Å². The number of carbonyl (C=O) groups excluding carboxylic acids is 1. The highest BCUT2D eigenvalue weighted by atomic mass is 35.5. The minimum atomic E-state index is -0.322. The second-order valence-electron chi connectivity index (χ2n) is 4.44. The number of aromatic amines is 1. The minimum Gasteiger partial charge on any atom is -0.395 e. The third-order valence-corrected chi connectivity index (χ3v) is 3.04. The Morgan fingerprint density at radius 2 is 2.35 bits per heavy atom. The van der Waals surface area contributed by atoms with E-state index in [1.807, 2.05) is 6.92 Å². The van der Waals surface area contributed by atoms with Crippen molar-refractivity contribution in [3.63, 3.8) is 0 Å². The molecule has 108 valence electrons. The summed E-state index contributed by atoms with van der Waals surface area (Å²) in [5.74, 6) is 0.448. The Morgan fingerprint density at radius 1 is 1.60 bits per heavy atom. The Balaban J connectivity index is 2.19. The number of halogens is 1. The van der Waals surface area contributed by atoms with Gasteiger partial charge in [0, 0.05) is 19.8 Å². The van der Waals surface area contributed by atoms with E-state index >= 15 is 0 Å². The molecule has 0 aliphatic rings. The molecule has 0 radical (unpaired) electrons. The lowest BCUT2D eigenvalue weighted by molar-refractivity contribution is 0.0699. The van der Waals surface area contributed by atoms with Gasteiger partial charge in [0.25, 0.3) is 5.91 Å². The van der Waals surface area contributed by atoms with Crippen LogP contribution in [-0.4, -0.2) is 48.8 Å². The number of hydrogen-bond acceptors (Lipinski definition) is 4. The Hall–Kier alpha value is -1.86. The first kappa shape index (κ1) is 14.5. The molecular weight excluding hydrogens is 282 g/mol. The van der Waals surface area contributed by atoms with Gasteiger partial charge in [0.1, 0.15) is 5.82 Å². The van der Waals surface area contributed by atoms with Crippen LogP contribution in [-0.2, 0) is 13.6 Å². The molecule has 2 heterocycles. The third kappa shape index (κ3) is 3.17. The Kier molecular flexibility index (Phi) is 4.41. The fourth-order valence-electron chi connectivity index (χ4n) is 1.88. The Labute approximate surface area is 121 Å². The molecule has 0 spiro atoms. The van der Waals surface area contributed by atoms with Crippen LogP contribution >= 0.6 is 11.6 Å². The van der Waals surface area contributed by atoms with E-state index in [4.69, 9.17) is 16.7 Å². The van der Waals surface area contributed by atoms with Crippen LogP contribution in [0.5, 0.6) is 0 Å². The fourth-order valence-corrected chi connectivity index (χ4v) is 2.14. The number of imidazole rings is 1. The van der Waals surface area contributed by atoms with Gasteiger partial charge in [0.2, 0.25) is 0 Å². The molecular formula is C12H16ClN5O2. The average Bonchev–Trinajstić information content (AvgIpc) is 2.94. The van der Waals surface area contributed by atoms with E-state index in [2.05, 4.69) is 15.1 Å². The van der Waals surface area contributed by atoms with Crippen molar-refractivity contribution >= 4 is 17.5 Å². The number of aryl methyl sites for hydroxylation is 2. The van der Waals surface area contributed by atoms with Crippen LogP contribution in [0.2, 0.25) is 5.02 Å². The summed E-state index contributed by atoms with van der Waals surface area (Å²) in [7, 11) is 1.69. The van der Waals surface area contributed by atoms with Crippen molar-refractivity contribution in [2.75, 3.05) is 13.2 Å². The molecule has 0 aliphatic carbocycles. The van der Waals surface area contributed by atoms with Crippen molar-refractivity contribution < 1.29 is 9.90 Å². The molecule has 0 saturated heterocycles. The van der Waals surface area contributed by atoms with Crippen molar-refractivity contribution in [2.45, 2.75) is 13.5 Å². The van der Waals surface area contributed by atoms with Gasteiger partial charge in [-0.1, -0.05) is 11.6 Å². The smallest absolute Gasteiger partial charge is 0.276 e. The average molecular weight is 298 g/mol. The summed E-state index contributed by atoms with van der Waals surface area (Å²) in [6.07, 6.45) is 3.22. The topological polar surface area (TPSA) is 87.0 Å². The van der Waals surface area contributed by atoms with E-state index in [0.717, 1.165) is 11.5 Å². The molecule has 20 heavy (non-hydrogen) atoms. The van der Waals surface area contributed by atoms with Crippen LogP contribution in [0.4, 0.5) is 0 Å². The summed E-state index contributed by atoms with van der Waals surface area (Å²) in [6.45, 7) is 2.21. The lowest BCUT2D eigenvalue weighted by atomic mass is 10.3. The molecule has 0 unspecified atom stereocenters. The van der Waals surface area contributed by atoms with Crippen molar-refractivity contribution in [3.05, 3.63) is 34.6 Å². The maximum absolute atomic E-state index is 12.4. The first-order valence-electron chi connectivity index (χ1n) is 6.11. The van der Waals surface area contributed by atoms with E-state index in [-0.39, 0.29) is 24.8 Å². The summed E-state index contributed by atoms with van der Waals surface area (Å²) in [4.78, 5) is 21.0. The molecule has 0 atom stereocenters. The predicted octanol–water partition coefficient (Wildman–Crippen LogP) is 0.740. The number of nitrogens with one attached hydrogen (secondary N) is 1. The zero-order valence-electron chi connectivity index (χ0n) is 11.3. The van der Waals surface area contributed by atoms with E-state index in [9.17, 15) is 4.79 Å². The Bertz CT molecular complexity index is 607. The van der Waals surface area contributed by atoms with Crippen molar-refractivity contribution in [1.82, 2.24) is 24.6 Å². The fraction of sp³-hybridized carbons (Fsp3) is 0.417. The highest BCUT2D eigenvalue weighted by Crippen LogP contribution is 2.16. The molecule has 8 heteroatoms. The second kappa shape index (κ2) is 6.06. The molecule has 0 aliphatic heterocycles.